The van der Waals surface area contributed by atoms with Gasteiger partial charge in [0.05, 0.1) is 12.8 Å². The third-order valence-corrected chi connectivity index (χ3v) is 3.07. The topological polar surface area (TPSA) is 50.5 Å². The lowest BCUT2D eigenvalue weighted by Gasteiger charge is -2.19. The Balaban J connectivity index is 2.09. The molecule has 5 nitrogen and oxygen atoms in total. The highest BCUT2D eigenvalue weighted by molar-refractivity contribution is 5.57. The van der Waals surface area contributed by atoms with Crippen molar-refractivity contribution in [2.24, 2.45) is 0 Å². The summed E-state index contributed by atoms with van der Waals surface area (Å²) in [6.45, 7) is 7.04. The van der Waals surface area contributed by atoms with Crippen molar-refractivity contribution >= 4 is 11.7 Å². The molecule has 5 heteroatoms. The van der Waals surface area contributed by atoms with Gasteiger partial charge in [-0.05, 0) is 32.9 Å². The molecule has 0 fully saturated rings. The van der Waals surface area contributed by atoms with Gasteiger partial charge in [0.15, 0.2) is 0 Å². The number of nitrogens with zero attached hydrogens (tertiary/aromatic N) is 2. The maximum Gasteiger partial charge on any atom is 0.301 e. The van der Waals surface area contributed by atoms with Gasteiger partial charge in [-0.15, -0.1) is 0 Å². The van der Waals surface area contributed by atoms with Crippen LogP contribution in [-0.2, 0) is 6.54 Å². The Labute approximate surface area is 125 Å². The fourth-order valence-electron chi connectivity index (χ4n) is 1.82. The number of nitrogens with one attached hydrogen (secondary N) is 1. The average Bonchev–Trinajstić information content (AvgIpc) is 2.92. The second-order valence-electron chi connectivity index (χ2n) is 5.99. The number of rotatable bonds is 5. The normalized spacial score (nSPS) is 11.5. The summed E-state index contributed by atoms with van der Waals surface area (Å²) in [5.41, 5.74) is 1.90. The Morgan fingerprint density at radius 2 is 2.10 bits per heavy atom. The molecule has 2 rings (SSSR count). The molecule has 1 heterocycles. The van der Waals surface area contributed by atoms with Crippen LogP contribution < -0.4 is 15.0 Å². The average molecular weight is 289 g/mol. The predicted molar refractivity (Wildman–Crippen MR) is 84.2 cm³/mol. The van der Waals surface area contributed by atoms with Crippen molar-refractivity contribution < 1.29 is 9.15 Å². The van der Waals surface area contributed by atoms with E-state index in [-0.39, 0.29) is 5.54 Å². The maximum absolute atomic E-state index is 5.55. The van der Waals surface area contributed by atoms with Gasteiger partial charge in [0, 0.05) is 30.9 Å². The SMILES string of the molecule is COc1cccc(N(C)c2nc(CNC(C)(C)C)co2)c1. The molecule has 0 unspecified atom stereocenters. The smallest absolute Gasteiger partial charge is 0.301 e. The fraction of sp³-hybridized carbons (Fsp3) is 0.438. The van der Waals surface area contributed by atoms with Crippen LogP contribution >= 0.6 is 0 Å². The molecule has 0 aliphatic heterocycles. The van der Waals surface area contributed by atoms with E-state index >= 15 is 0 Å². The molecule has 114 valence electrons. The number of ether oxygens (including phenoxy) is 1. The van der Waals surface area contributed by atoms with Gasteiger partial charge in [0.2, 0.25) is 0 Å². The van der Waals surface area contributed by atoms with E-state index < -0.39 is 0 Å². The first-order chi connectivity index (χ1) is 9.89. The summed E-state index contributed by atoms with van der Waals surface area (Å²) in [6, 6.07) is 8.34. The number of benzene rings is 1. The summed E-state index contributed by atoms with van der Waals surface area (Å²) in [7, 11) is 3.57. The molecule has 1 aromatic carbocycles. The van der Waals surface area contributed by atoms with Gasteiger partial charge in [-0.25, -0.2) is 0 Å². The minimum Gasteiger partial charge on any atom is -0.497 e. The lowest BCUT2D eigenvalue weighted by Crippen LogP contribution is -2.35. The molecule has 0 radical (unpaired) electrons. The number of methoxy groups -OCH3 is 1. The molecule has 1 aromatic heterocycles. The maximum atomic E-state index is 5.55. The second kappa shape index (κ2) is 6.18. The van der Waals surface area contributed by atoms with Crippen LogP contribution in [-0.4, -0.2) is 24.7 Å². The molecule has 0 aliphatic rings. The van der Waals surface area contributed by atoms with E-state index in [9.17, 15) is 0 Å². The largest absolute Gasteiger partial charge is 0.497 e. The number of hydrogen-bond acceptors (Lipinski definition) is 5. The first-order valence-corrected chi connectivity index (χ1v) is 6.96. The van der Waals surface area contributed by atoms with E-state index in [1.807, 2.05) is 36.2 Å². The standard InChI is InChI=1S/C16H23N3O2/c1-16(2,3)17-10-12-11-21-15(18-12)19(4)13-7-6-8-14(9-13)20-5/h6-9,11,17H,10H2,1-5H3. The monoisotopic (exact) mass is 289 g/mol. The summed E-state index contributed by atoms with van der Waals surface area (Å²) in [5, 5.41) is 3.39. The molecule has 0 amide bonds. The molecular formula is C16H23N3O2. The van der Waals surface area contributed by atoms with Crippen LogP contribution in [0.3, 0.4) is 0 Å². The van der Waals surface area contributed by atoms with Gasteiger partial charge in [-0.1, -0.05) is 6.07 Å². The Morgan fingerprint density at radius 1 is 1.33 bits per heavy atom. The van der Waals surface area contributed by atoms with E-state index in [2.05, 4.69) is 31.1 Å². The van der Waals surface area contributed by atoms with E-state index in [4.69, 9.17) is 9.15 Å². The van der Waals surface area contributed by atoms with Crippen molar-refractivity contribution in [3.8, 4) is 5.75 Å². The molecule has 1 N–H and O–H groups in total. The molecule has 0 atom stereocenters. The molecule has 0 spiro atoms. The molecular weight excluding hydrogens is 266 g/mol. The van der Waals surface area contributed by atoms with E-state index in [1.54, 1.807) is 13.4 Å². The summed E-state index contributed by atoms with van der Waals surface area (Å²) >= 11 is 0. The van der Waals surface area contributed by atoms with Crippen LogP contribution in [0, 0.1) is 0 Å². The number of aromatic nitrogens is 1. The van der Waals surface area contributed by atoms with E-state index in [1.165, 1.54) is 0 Å². The second-order valence-corrected chi connectivity index (χ2v) is 5.99. The van der Waals surface area contributed by atoms with E-state index in [0.29, 0.717) is 12.6 Å². The highest BCUT2D eigenvalue weighted by Crippen LogP contribution is 2.26. The molecule has 0 saturated carbocycles. The Hall–Kier alpha value is -2.01. The number of oxazole rings is 1. The third-order valence-electron chi connectivity index (χ3n) is 3.07. The van der Waals surface area contributed by atoms with Crippen molar-refractivity contribution in [3.63, 3.8) is 0 Å². The minimum atomic E-state index is 0.0534. The van der Waals surface area contributed by atoms with Crippen LogP contribution in [0.25, 0.3) is 0 Å². The van der Waals surface area contributed by atoms with Crippen molar-refractivity contribution in [2.45, 2.75) is 32.9 Å². The quantitative estimate of drug-likeness (QED) is 0.915. The first kappa shape index (κ1) is 15.4. The van der Waals surface area contributed by atoms with Crippen LogP contribution in [0.2, 0.25) is 0 Å². The van der Waals surface area contributed by atoms with Crippen molar-refractivity contribution in [3.05, 3.63) is 36.2 Å². The van der Waals surface area contributed by atoms with Crippen LogP contribution in [0.4, 0.5) is 11.7 Å². The minimum absolute atomic E-state index is 0.0534. The van der Waals surface area contributed by atoms with Crippen molar-refractivity contribution in [1.29, 1.82) is 0 Å². The number of hydrogen-bond donors (Lipinski definition) is 1. The third kappa shape index (κ3) is 4.23. The van der Waals surface area contributed by atoms with Gasteiger partial charge in [0.25, 0.3) is 0 Å². The zero-order valence-electron chi connectivity index (χ0n) is 13.3. The molecule has 0 saturated heterocycles. The summed E-state index contributed by atoms with van der Waals surface area (Å²) in [5.74, 6) is 0.806. The zero-order chi connectivity index (χ0) is 15.5. The summed E-state index contributed by atoms with van der Waals surface area (Å²) < 4.78 is 10.8. The van der Waals surface area contributed by atoms with Crippen LogP contribution in [0.5, 0.6) is 5.75 Å². The molecule has 0 bridgehead atoms. The zero-order valence-corrected chi connectivity index (χ0v) is 13.3. The van der Waals surface area contributed by atoms with Gasteiger partial charge < -0.3 is 14.5 Å². The molecule has 2 aromatic rings. The lowest BCUT2D eigenvalue weighted by molar-refractivity contribution is 0.415. The van der Waals surface area contributed by atoms with Gasteiger partial charge in [0.1, 0.15) is 12.0 Å². The highest BCUT2D eigenvalue weighted by atomic mass is 16.5. The predicted octanol–water partition coefficient (Wildman–Crippen LogP) is 3.34. The summed E-state index contributed by atoms with van der Waals surface area (Å²) in [6.07, 6.45) is 1.69. The molecule has 21 heavy (non-hydrogen) atoms. The lowest BCUT2D eigenvalue weighted by atomic mass is 10.1. The van der Waals surface area contributed by atoms with Crippen molar-refractivity contribution in [2.75, 3.05) is 19.1 Å². The van der Waals surface area contributed by atoms with Gasteiger partial charge in [-0.3, -0.25) is 4.90 Å². The highest BCUT2D eigenvalue weighted by Gasteiger charge is 2.14. The van der Waals surface area contributed by atoms with Crippen LogP contribution in [0.15, 0.2) is 34.9 Å². The number of anilines is 2. The Kier molecular flexibility index (Phi) is 4.53. The van der Waals surface area contributed by atoms with E-state index in [0.717, 1.165) is 17.1 Å². The first-order valence-electron chi connectivity index (χ1n) is 6.96. The van der Waals surface area contributed by atoms with Gasteiger partial charge in [-0.2, -0.15) is 4.98 Å². The van der Waals surface area contributed by atoms with Gasteiger partial charge >= 0.3 is 6.01 Å². The fourth-order valence-corrected chi connectivity index (χ4v) is 1.82. The Bertz CT molecular complexity index is 587. The van der Waals surface area contributed by atoms with Crippen molar-refractivity contribution in [1.82, 2.24) is 10.3 Å². The summed E-state index contributed by atoms with van der Waals surface area (Å²) in [4.78, 5) is 6.39. The van der Waals surface area contributed by atoms with Crippen LogP contribution in [0.1, 0.15) is 26.5 Å². The Morgan fingerprint density at radius 3 is 2.76 bits per heavy atom. The molecule has 0 aliphatic carbocycles.